The summed E-state index contributed by atoms with van der Waals surface area (Å²) in [6, 6.07) is 10.2. The van der Waals surface area contributed by atoms with Gasteiger partial charge < -0.3 is 9.64 Å². The van der Waals surface area contributed by atoms with Gasteiger partial charge in [0, 0.05) is 13.1 Å². The van der Waals surface area contributed by atoms with Crippen LogP contribution in [0, 0.1) is 11.3 Å². The van der Waals surface area contributed by atoms with Crippen LogP contribution in [0.1, 0.15) is 44.7 Å². The Kier molecular flexibility index (Phi) is 4.99. The van der Waals surface area contributed by atoms with Crippen LogP contribution in [0.2, 0.25) is 0 Å². The number of nitrogens with zero attached hydrogens (tertiary/aromatic N) is 5. The van der Waals surface area contributed by atoms with Crippen molar-refractivity contribution in [2.24, 2.45) is 0 Å². The molecular formula is C18H23N5O. The molecule has 0 radical (unpaired) electrons. The van der Waals surface area contributed by atoms with Gasteiger partial charge in [-0.1, -0.05) is 31.4 Å². The zero-order valence-electron chi connectivity index (χ0n) is 14.3. The predicted octanol–water partition coefficient (Wildman–Crippen LogP) is 3.31. The highest BCUT2D eigenvalue weighted by molar-refractivity contribution is 5.52. The Hall–Kier alpha value is -2.55. The maximum Gasteiger partial charge on any atom is 0.207 e. The van der Waals surface area contributed by atoms with E-state index in [-0.39, 0.29) is 0 Å². The summed E-state index contributed by atoms with van der Waals surface area (Å²) in [5.41, 5.74) is 1.11. The molecule has 24 heavy (non-hydrogen) atoms. The third kappa shape index (κ3) is 3.21. The average molecular weight is 325 g/mol. The third-order valence-corrected chi connectivity index (χ3v) is 4.54. The van der Waals surface area contributed by atoms with Crippen molar-refractivity contribution in [1.82, 2.24) is 15.0 Å². The standard InChI is InChI=1S/C18H23N5O/c1-3-24-17-12-8-7-11-16(17)23-20-15(13-19)18(21-23)22(2)14-9-5-4-6-10-14/h7-8,11-12,14H,3-6,9-10H2,1-2H3. The first-order valence-electron chi connectivity index (χ1n) is 8.57. The summed E-state index contributed by atoms with van der Waals surface area (Å²) in [5.74, 6) is 1.36. The van der Waals surface area contributed by atoms with Gasteiger partial charge in [-0.25, -0.2) is 0 Å². The summed E-state index contributed by atoms with van der Waals surface area (Å²) in [5, 5.41) is 18.5. The molecule has 1 heterocycles. The van der Waals surface area contributed by atoms with E-state index in [1.807, 2.05) is 38.2 Å². The minimum Gasteiger partial charge on any atom is -0.492 e. The van der Waals surface area contributed by atoms with E-state index >= 15 is 0 Å². The fraction of sp³-hybridized carbons (Fsp3) is 0.500. The van der Waals surface area contributed by atoms with Gasteiger partial charge in [0.25, 0.3) is 0 Å². The van der Waals surface area contributed by atoms with E-state index in [4.69, 9.17) is 4.74 Å². The Balaban J connectivity index is 1.95. The molecule has 1 fully saturated rings. The fourth-order valence-electron chi connectivity index (χ4n) is 3.26. The highest BCUT2D eigenvalue weighted by Gasteiger charge is 2.24. The predicted molar refractivity (Wildman–Crippen MR) is 92.5 cm³/mol. The van der Waals surface area contributed by atoms with Gasteiger partial charge in [-0.05, 0) is 31.9 Å². The fourth-order valence-corrected chi connectivity index (χ4v) is 3.26. The monoisotopic (exact) mass is 325 g/mol. The van der Waals surface area contributed by atoms with E-state index < -0.39 is 0 Å². The Morgan fingerprint density at radius 3 is 2.71 bits per heavy atom. The van der Waals surface area contributed by atoms with Crippen LogP contribution in [0.5, 0.6) is 5.75 Å². The maximum absolute atomic E-state index is 9.47. The molecule has 6 heteroatoms. The summed E-state index contributed by atoms with van der Waals surface area (Å²) in [4.78, 5) is 3.63. The zero-order valence-corrected chi connectivity index (χ0v) is 14.3. The number of rotatable bonds is 5. The molecule has 0 unspecified atom stereocenters. The van der Waals surface area contributed by atoms with E-state index in [1.165, 1.54) is 24.1 Å². The van der Waals surface area contributed by atoms with Gasteiger partial charge in [0.05, 0.1) is 6.61 Å². The highest BCUT2D eigenvalue weighted by Crippen LogP contribution is 2.28. The molecule has 1 aliphatic rings. The Bertz CT molecular complexity index is 727. The van der Waals surface area contributed by atoms with Crippen LogP contribution in [-0.4, -0.2) is 34.7 Å². The molecule has 0 bridgehead atoms. The lowest BCUT2D eigenvalue weighted by atomic mass is 9.94. The van der Waals surface area contributed by atoms with Crippen molar-refractivity contribution in [3.63, 3.8) is 0 Å². The van der Waals surface area contributed by atoms with Crippen molar-refractivity contribution >= 4 is 5.82 Å². The highest BCUT2D eigenvalue weighted by atomic mass is 16.5. The van der Waals surface area contributed by atoms with Crippen LogP contribution in [0.3, 0.4) is 0 Å². The summed E-state index contributed by atoms with van der Waals surface area (Å²) < 4.78 is 5.65. The van der Waals surface area contributed by atoms with Crippen molar-refractivity contribution in [2.45, 2.75) is 45.1 Å². The maximum atomic E-state index is 9.47. The average Bonchev–Trinajstić information content (AvgIpc) is 3.07. The van der Waals surface area contributed by atoms with Gasteiger partial charge in [-0.3, -0.25) is 0 Å². The van der Waals surface area contributed by atoms with Gasteiger partial charge in [0.2, 0.25) is 5.69 Å². The minimum absolute atomic E-state index is 0.356. The molecule has 126 valence electrons. The summed E-state index contributed by atoms with van der Waals surface area (Å²) >= 11 is 0. The first-order valence-corrected chi connectivity index (χ1v) is 8.57. The van der Waals surface area contributed by atoms with Gasteiger partial charge in [0.15, 0.2) is 5.82 Å². The molecule has 1 aromatic carbocycles. The van der Waals surface area contributed by atoms with Crippen LogP contribution in [0.25, 0.3) is 5.69 Å². The number of nitriles is 1. The van der Waals surface area contributed by atoms with E-state index in [1.54, 1.807) is 0 Å². The molecule has 1 saturated carbocycles. The van der Waals surface area contributed by atoms with Gasteiger partial charge in [-0.15, -0.1) is 15.0 Å². The molecule has 1 aromatic heterocycles. The van der Waals surface area contributed by atoms with Crippen molar-refractivity contribution < 1.29 is 4.74 Å². The lowest BCUT2D eigenvalue weighted by Crippen LogP contribution is -2.34. The Morgan fingerprint density at radius 1 is 1.25 bits per heavy atom. The molecule has 6 nitrogen and oxygen atoms in total. The van der Waals surface area contributed by atoms with Crippen molar-refractivity contribution in [3.8, 4) is 17.5 Å². The van der Waals surface area contributed by atoms with Gasteiger partial charge >= 0.3 is 0 Å². The summed E-state index contributed by atoms with van der Waals surface area (Å²) in [6.07, 6.45) is 6.05. The Labute approximate surface area is 142 Å². The Morgan fingerprint density at radius 2 is 2.00 bits per heavy atom. The first kappa shape index (κ1) is 16.3. The minimum atomic E-state index is 0.356. The second kappa shape index (κ2) is 7.35. The van der Waals surface area contributed by atoms with Crippen molar-refractivity contribution in [3.05, 3.63) is 30.0 Å². The largest absolute Gasteiger partial charge is 0.492 e. The van der Waals surface area contributed by atoms with E-state index in [0.717, 1.165) is 18.5 Å². The zero-order chi connectivity index (χ0) is 16.9. The van der Waals surface area contributed by atoms with Crippen LogP contribution < -0.4 is 9.64 Å². The smallest absolute Gasteiger partial charge is 0.207 e. The van der Waals surface area contributed by atoms with E-state index in [2.05, 4.69) is 21.2 Å². The lowest BCUT2D eigenvalue weighted by Gasteiger charge is -2.31. The summed E-state index contributed by atoms with van der Waals surface area (Å²) in [6.45, 7) is 2.51. The molecule has 2 aromatic rings. The van der Waals surface area contributed by atoms with Crippen LogP contribution in [0.15, 0.2) is 24.3 Å². The number of anilines is 1. The lowest BCUT2D eigenvalue weighted by molar-refractivity contribution is 0.337. The SMILES string of the molecule is CCOc1ccccc1-n1nc(C#N)c(N(C)C2CCCCC2)n1. The number of ether oxygens (including phenoxy) is 1. The molecule has 0 spiro atoms. The molecule has 0 amide bonds. The topological polar surface area (TPSA) is 67.0 Å². The normalized spacial score (nSPS) is 15.0. The van der Waals surface area contributed by atoms with Crippen molar-refractivity contribution in [2.75, 3.05) is 18.6 Å². The van der Waals surface area contributed by atoms with Crippen LogP contribution in [-0.2, 0) is 0 Å². The number of hydrogen-bond donors (Lipinski definition) is 0. The number of benzene rings is 1. The molecule has 0 atom stereocenters. The number of aromatic nitrogens is 3. The van der Waals surface area contributed by atoms with Gasteiger partial charge in [0.1, 0.15) is 17.5 Å². The number of hydrogen-bond acceptors (Lipinski definition) is 5. The third-order valence-electron chi connectivity index (χ3n) is 4.54. The molecule has 0 aliphatic heterocycles. The number of para-hydroxylation sites is 2. The molecule has 3 rings (SSSR count). The molecule has 0 saturated heterocycles. The van der Waals surface area contributed by atoms with Gasteiger partial charge in [-0.2, -0.15) is 5.26 Å². The second-order valence-corrected chi connectivity index (χ2v) is 6.08. The molecular weight excluding hydrogens is 302 g/mol. The first-order chi connectivity index (χ1) is 11.7. The quantitative estimate of drug-likeness (QED) is 0.843. The van der Waals surface area contributed by atoms with E-state index in [0.29, 0.717) is 29.9 Å². The summed E-state index contributed by atoms with van der Waals surface area (Å²) in [7, 11) is 2.01. The second-order valence-electron chi connectivity index (χ2n) is 6.08. The molecule has 1 aliphatic carbocycles. The van der Waals surface area contributed by atoms with Crippen LogP contribution >= 0.6 is 0 Å². The van der Waals surface area contributed by atoms with E-state index in [9.17, 15) is 5.26 Å². The van der Waals surface area contributed by atoms with Crippen LogP contribution in [0.4, 0.5) is 5.82 Å². The van der Waals surface area contributed by atoms with Crippen molar-refractivity contribution in [1.29, 1.82) is 5.26 Å². The molecule has 0 N–H and O–H groups in total.